The summed E-state index contributed by atoms with van der Waals surface area (Å²) in [5.74, 6) is -0.290. The lowest BCUT2D eigenvalue weighted by Crippen LogP contribution is -2.35. The van der Waals surface area contributed by atoms with E-state index < -0.39 is 5.97 Å². The molecule has 0 saturated heterocycles. The lowest BCUT2D eigenvalue weighted by Gasteiger charge is -2.12. The maximum Gasteiger partial charge on any atom is 0.375 e. The maximum atomic E-state index is 12.6. The number of hydrogen-bond donors (Lipinski definition) is 1. The Bertz CT molecular complexity index is 964. The molecule has 0 unspecified atom stereocenters. The van der Waals surface area contributed by atoms with E-state index in [1.165, 1.54) is 0 Å². The summed E-state index contributed by atoms with van der Waals surface area (Å²) in [5, 5.41) is 3.58. The summed E-state index contributed by atoms with van der Waals surface area (Å²) in [5.41, 5.74) is 1.15. The molecule has 1 heterocycles. The number of para-hydroxylation sites is 2. The van der Waals surface area contributed by atoms with Crippen molar-refractivity contribution in [2.75, 3.05) is 6.61 Å². The molecule has 6 heteroatoms. The SMILES string of the molecule is CCC[C@@H](C)NC(=O)COC(=O)c1oc2ccccc2c1COc1ccccc1. The number of amides is 1. The summed E-state index contributed by atoms with van der Waals surface area (Å²) in [7, 11) is 0. The maximum absolute atomic E-state index is 12.6. The Kier molecular flexibility index (Phi) is 6.89. The largest absolute Gasteiger partial charge is 0.489 e. The average molecular weight is 395 g/mol. The van der Waals surface area contributed by atoms with Gasteiger partial charge in [-0.15, -0.1) is 0 Å². The van der Waals surface area contributed by atoms with E-state index in [-0.39, 0.29) is 30.9 Å². The van der Waals surface area contributed by atoms with E-state index in [0.717, 1.165) is 18.2 Å². The smallest absolute Gasteiger partial charge is 0.375 e. The van der Waals surface area contributed by atoms with Crippen LogP contribution in [0.15, 0.2) is 59.0 Å². The van der Waals surface area contributed by atoms with Gasteiger partial charge < -0.3 is 19.2 Å². The van der Waals surface area contributed by atoms with Crippen LogP contribution in [0.3, 0.4) is 0 Å². The van der Waals surface area contributed by atoms with Crippen LogP contribution in [0.4, 0.5) is 0 Å². The molecule has 1 aromatic heterocycles. The Morgan fingerprint density at radius 1 is 1.07 bits per heavy atom. The Morgan fingerprint density at radius 3 is 2.55 bits per heavy atom. The molecule has 0 spiro atoms. The molecule has 6 nitrogen and oxygen atoms in total. The van der Waals surface area contributed by atoms with Gasteiger partial charge in [0, 0.05) is 11.4 Å². The normalized spacial score (nSPS) is 11.8. The van der Waals surface area contributed by atoms with Gasteiger partial charge in [-0.3, -0.25) is 4.79 Å². The van der Waals surface area contributed by atoms with Crippen LogP contribution in [0, 0.1) is 0 Å². The second kappa shape index (κ2) is 9.78. The minimum Gasteiger partial charge on any atom is -0.489 e. The molecule has 1 N–H and O–H groups in total. The molecule has 0 bridgehead atoms. The van der Waals surface area contributed by atoms with E-state index in [1.54, 1.807) is 6.07 Å². The van der Waals surface area contributed by atoms with Gasteiger partial charge in [0.1, 0.15) is 17.9 Å². The van der Waals surface area contributed by atoms with Gasteiger partial charge in [-0.25, -0.2) is 4.79 Å². The van der Waals surface area contributed by atoms with Crippen molar-refractivity contribution >= 4 is 22.8 Å². The second-order valence-corrected chi connectivity index (χ2v) is 6.84. The first kappa shape index (κ1) is 20.5. The highest BCUT2D eigenvalue weighted by Crippen LogP contribution is 2.28. The highest BCUT2D eigenvalue weighted by atomic mass is 16.5. The third kappa shape index (κ3) is 5.38. The molecule has 3 rings (SSSR count). The Balaban J connectivity index is 1.72. The van der Waals surface area contributed by atoms with E-state index in [4.69, 9.17) is 13.9 Å². The van der Waals surface area contributed by atoms with Crippen molar-refractivity contribution in [3.05, 3.63) is 65.9 Å². The molecule has 1 atom stereocenters. The molecule has 29 heavy (non-hydrogen) atoms. The summed E-state index contributed by atoms with van der Waals surface area (Å²) in [6, 6.07) is 16.7. The number of carbonyl (C=O) groups excluding carboxylic acids is 2. The summed E-state index contributed by atoms with van der Waals surface area (Å²) < 4.78 is 16.7. The number of hydrogen-bond acceptors (Lipinski definition) is 5. The fraction of sp³-hybridized carbons (Fsp3) is 0.304. The minimum absolute atomic E-state index is 0.0345. The summed E-state index contributed by atoms with van der Waals surface area (Å²) in [6.45, 7) is 3.75. The van der Waals surface area contributed by atoms with Crippen LogP contribution in [-0.4, -0.2) is 24.5 Å². The van der Waals surface area contributed by atoms with Crippen LogP contribution >= 0.6 is 0 Å². The third-order valence-electron chi connectivity index (χ3n) is 4.47. The zero-order chi connectivity index (χ0) is 20.6. The van der Waals surface area contributed by atoms with Gasteiger partial charge in [0.2, 0.25) is 5.76 Å². The molecule has 152 valence electrons. The van der Waals surface area contributed by atoms with Gasteiger partial charge in [0.05, 0.1) is 5.56 Å². The van der Waals surface area contributed by atoms with Crippen molar-refractivity contribution in [2.45, 2.75) is 39.3 Å². The molecule has 0 fully saturated rings. The van der Waals surface area contributed by atoms with Crippen LogP contribution in [0.25, 0.3) is 11.0 Å². The third-order valence-corrected chi connectivity index (χ3v) is 4.47. The summed E-state index contributed by atoms with van der Waals surface area (Å²) >= 11 is 0. The van der Waals surface area contributed by atoms with Gasteiger partial charge >= 0.3 is 5.97 Å². The molecule has 0 radical (unpaired) electrons. The number of esters is 1. The fourth-order valence-corrected chi connectivity index (χ4v) is 3.10. The van der Waals surface area contributed by atoms with E-state index in [9.17, 15) is 9.59 Å². The molecule has 0 aliphatic rings. The Morgan fingerprint density at radius 2 is 1.79 bits per heavy atom. The van der Waals surface area contributed by atoms with Crippen molar-refractivity contribution in [1.82, 2.24) is 5.32 Å². The molecule has 0 saturated carbocycles. The minimum atomic E-state index is -0.689. The van der Waals surface area contributed by atoms with Crippen molar-refractivity contribution in [3.63, 3.8) is 0 Å². The van der Waals surface area contributed by atoms with Crippen LogP contribution in [0.1, 0.15) is 42.8 Å². The number of benzene rings is 2. The van der Waals surface area contributed by atoms with Gasteiger partial charge in [-0.05, 0) is 31.5 Å². The van der Waals surface area contributed by atoms with Crippen molar-refractivity contribution in [3.8, 4) is 5.75 Å². The number of carbonyl (C=O) groups is 2. The molecule has 0 aliphatic heterocycles. The average Bonchev–Trinajstić information content (AvgIpc) is 3.10. The first-order valence-electron chi connectivity index (χ1n) is 9.73. The molecular formula is C23H25NO5. The zero-order valence-electron chi connectivity index (χ0n) is 16.6. The zero-order valence-corrected chi connectivity index (χ0v) is 16.6. The van der Waals surface area contributed by atoms with E-state index >= 15 is 0 Å². The van der Waals surface area contributed by atoms with Gasteiger partial charge in [-0.1, -0.05) is 49.7 Å². The summed E-state index contributed by atoms with van der Waals surface area (Å²) in [6.07, 6.45) is 1.83. The number of fused-ring (bicyclic) bond motifs is 1. The van der Waals surface area contributed by atoms with Crippen LogP contribution in [0.5, 0.6) is 5.75 Å². The number of ether oxygens (including phenoxy) is 2. The van der Waals surface area contributed by atoms with E-state index in [2.05, 4.69) is 5.32 Å². The first-order chi connectivity index (χ1) is 14.1. The van der Waals surface area contributed by atoms with E-state index in [0.29, 0.717) is 16.9 Å². The van der Waals surface area contributed by atoms with Crippen molar-refractivity contribution < 1.29 is 23.5 Å². The Labute approximate surface area is 169 Å². The quantitative estimate of drug-likeness (QED) is 0.541. The first-order valence-corrected chi connectivity index (χ1v) is 9.73. The predicted molar refractivity (Wildman–Crippen MR) is 110 cm³/mol. The van der Waals surface area contributed by atoms with E-state index in [1.807, 2.05) is 62.4 Å². The number of furan rings is 1. The number of rotatable bonds is 9. The fourth-order valence-electron chi connectivity index (χ4n) is 3.10. The molecule has 2 aromatic carbocycles. The molecule has 0 aliphatic carbocycles. The highest BCUT2D eigenvalue weighted by molar-refractivity contribution is 5.96. The van der Waals surface area contributed by atoms with Gasteiger partial charge in [0.15, 0.2) is 6.61 Å². The molecule has 3 aromatic rings. The lowest BCUT2D eigenvalue weighted by molar-refractivity contribution is -0.124. The van der Waals surface area contributed by atoms with Crippen LogP contribution in [-0.2, 0) is 16.1 Å². The molecule has 1 amide bonds. The second-order valence-electron chi connectivity index (χ2n) is 6.84. The van der Waals surface area contributed by atoms with Crippen LogP contribution in [0.2, 0.25) is 0 Å². The lowest BCUT2D eigenvalue weighted by atomic mass is 10.1. The van der Waals surface area contributed by atoms with Crippen molar-refractivity contribution in [1.29, 1.82) is 0 Å². The van der Waals surface area contributed by atoms with Gasteiger partial charge in [-0.2, -0.15) is 0 Å². The topological polar surface area (TPSA) is 77.8 Å². The predicted octanol–water partition coefficient (Wildman–Crippen LogP) is 4.47. The molecular weight excluding hydrogens is 370 g/mol. The van der Waals surface area contributed by atoms with Crippen molar-refractivity contribution in [2.24, 2.45) is 0 Å². The van der Waals surface area contributed by atoms with Gasteiger partial charge in [0.25, 0.3) is 5.91 Å². The number of nitrogens with one attached hydrogen (secondary N) is 1. The van der Waals surface area contributed by atoms with Crippen LogP contribution < -0.4 is 10.1 Å². The highest BCUT2D eigenvalue weighted by Gasteiger charge is 2.23. The monoisotopic (exact) mass is 395 g/mol. The summed E-state index contributed by atoms with van der Waals surface area (Å²) in [4.78, 5) is 24.6. The standard InChI is InChI=1S/C23H25NO5/c1-3-9-16(2)24-21(25)15-28-23(26)22-19(14-27-17-10-5-4-6-11-17)18-12-7-8-13-20(18)29-22/h4-8,10-13,16H,3,9,14-15H2,1-2H3,(H,24,25)/t16-/m1/s1. The Hall–Kier alpha value is -3.28.